The molecule has 0 unspecified atom stereocenters. The van der Waals surface area contributed by atoms with Crippen LogP contribution in [-0.4, -0.2) is 0 Å². The normalized spacial score (nSPS) is 9.96. The molecule has 3 aromatic rings. The Morgan fingerprint density at radius 2 is 1.42 bits per heavy atom. The van der Waals surface area contributed by atoms with Crippen molar-refractivity contribution < 1.29 is 0 Å². The molecular weight excluding hydrogens is 288 g/mol. The van der Waals surface area contributed by atoms with Gasteiger partial charge in [-0.3, -0.25) is 0 Å². The van der Waals surface area contributed by atoms with Gasteiger partial charge in [-0.05, 0) is 46.4 Å². The smallest absolute Gasteiger partial charge is 0.00194 e. The molecule has 0 fully saturated rings. The maximum atomic E-state index is 4.27. The van der Waals surface area contributed by atoms with E-state index < -0.39 is 0 Å². The van der Waals surface area contributed by atoms with Crippen LogP contribution < -0.4 is 0 Å². The molecule has 122 valence electrons. The van der Waals surface area contributed by atoms with Gasteiger partial charge in [0.15, 0.2) is 0 Å². The number of fused-ring (bicyclic) bond motifs is 1. The highest BCUT2D eigenvalue weighted by molar-refractivity contribution is 5.95. The van der Waals surface area contributed by atoms with E-state index in [2.05, 4.69) is 80.7 Å². The summed E-state index contributed by atoms with van der Waals surface area (Å²) in [6.45, 7) is 14.5. The van der Waals surface area contributed by atoms with Crippen LogP contribution in [0.2, 0.25) is 0 Å². The van der Waals surface area contributed by atoms with Crippen LogP contribution >= 0.6 is 0 Å². The average molecular weight is 314 g/mol. The van der Waals surface area contributed by atoms with E-state index in [1.807, 2.05) is 19.9 Å². The van der Waals surface area contributed by atoms with Crippen molar-refractivity contribution in [2.24, 2.45) is 0 Å². The molecule has 0 radical (unpaired) electrons. The fraction of sp³-hybridized carbons (Fsp3) is 0.167. The highest BCUT2D eigenvalue weighted by atomic mass is 14.1. The summed E-state index contributed by atoms with van der Waals surface area (Å²) in [6, 6.07) is 23.3. The molecule has 0 saturated carbocycles. The quantitative estimate of drug-likeness (QED) is 0.479. The van der Waals surface area contributed by atoms with Crippen molar-refractivity contribution in [1.82, 2.24) is 0 Å². The predicted molar refractivity (Wildman–Crippen MR) is 109 cm³/mol. The number of benzene rings is 3. The van der Waals surface area contributed by atoms with Crippen LogP contribution in [0.1, 0.15) is 37.5 Å². The van der Waals surface area contributed by atoms with Crippen molar-refractivity contribution >= 4 is 21.9 Å². The van der Waals surface area contributed by atoms with Gasteiger partial charge in [-0.1, -0.05) is 99.3 Å². The Hall–Kier alpha value is -2.60. The molecule has 0 saturated heterocycles. The zero-order valence-electron chi connectivity index (χ0n) is 15.0. The van der Waals surface area contributed by atoms with Gasteiger partial charge in [-0.25, -0.2) is 0 Å². The van der Waals surface area contributed by atoms with Gasteiger partial charge in [-0.2, -0.15) is 0 Å². The zero-order valence-corrected chi connectivity index (χ0v) is 15.0. The molecule has 0 spiro atoms. The Balaban J connectivity index is 0.00000100. The van der Waals surface area contributed by atoms with Crippen molar-refractivity contribution in [3.8, 4) is 0 Å². The molecule has 0 aromatic heterocycles. The topological polar surface area (TPSA) is 0 Å². The lowest BCUT2D eigenvalue weighted by molar-refractivity contribution is 1.28. The lowest BCUT2D eigenvalue weighted by Crippen LogP contribution is -1.96. The lowest BCUT2D eigenvalue weighted by atomic mass is 9.90. The van der Waals surface area contributed by atoms with Crippen LogP contribution in [0.25, 0.3) is 21.9 Å². The maximum absolute atomic E-state index is 4.27. The molecule has 0 aliphatic carbocycles. The van der Waals surface area contributed by atoms with Crippen LogP contribution in [-0.2, 0) is 6.42 Å². The number of hydrogen-bond donors (Lipinski definition) is 0. The lowest BCUT2D eigenvalue weighted by Gasteiger charge is -2.14. The van der Waals surface area contributed by atoms with E-state index in [4.69, 9.17) is 0 Å². The number of rotatable bonds is 4. The second-order valence-electron chi connectivity index (χ2n) is 5.75. The van der Waals surface area contributed by atoms with Gasteiger partial charge >= 0.3 is 0 Å². The first-order chi connectivity index (χ1) is 11.7. The Morgan fingerprint density at radius 3 is 2.08 bits per heavy atom. The third-order valence-corrected chi connectivity index (χ3v) is 4.03. The third kappa shape index (κ3) is 3.83. The maximum Gasteiger partial charge on any atom is -0.00194 e. The molecule has 0 N–H and O–H groups in total. The molecule has 3 rings (SSSR count). The zero-order chi connectivity index (χ0) is 17.5. The minimum atomic E-state index is 0.844. The van der Waals surface area contributed by atoms with E-state index in [-0.39, 0.29) is 0 Å². The van der Waals surface area contributed by atoms with Crippen molar-refractivity contribution in [1.29, 1.82) is 0 Å². The van der Waals surface area contributed by atoms with Crippen LogP contribution in [0, 0.1) is 0 Å². The largest absolute Gasteiger partial charge is 0.0955 e. The van der Waals surface area contributed by atoms with E-state index in [0.717, 1.165) is 17.6 Å². The Kier molecular flexibility index (Phi) is 6.14. The monoisotopic (exact) mass is 314 g/mol. The summed E-state index contributed by atoms with van der Waals surface area (Å²) < 4.78 is 0. The summed E-state index contributed by atoms with van der Waals surface area (Å²) in [5.74, 6) is 0. The third-order valence-electron chi connectivity index (χ3n) is 4.03. The summed E-state index contributed by atoms with van der Waals surface area (Å²) in [6.07, 6.45) is 0.844. The molecule has 0 nitrogen and oxygen atoms in total. The van der Waals surface area contributed by atoms with Crippen molar-refractivity contribution in [2.75, 3.05) is 0 Å². The molecule has 0 atom stereocenters. The molecule has 3 aromatic carbocycles. The van der Waals surface area contributed by atoms with Gasteiger partial charge in [0.1, 0.15) is 0 Å². The Bertz CT molecular complexity index is 838. The van der Waals surface area contributed by atoms with Gasteiger partial charge in [-0.15, -0.1) is 0 Å². The van der Waals surface area contributed by atoms with Crippen LogP contribution in [0.3, 0.4) is 0 Å². The van der Waals surface area contributed by atoms with E-state index in [1.165, 1.54) is 27.5 Å². The first-order valence-corrected chi connectivity index (χ1v) is 8.56. The van der Waals surface area contributed by atoms with Gasteiger partial charge in [0.05, 0.1) is 0 Å². The SMILES string of the molecule is C=C(Cc1ccc2ccccc2c1C(=C)C)c1ccccc1.CC. The summed E-state index contributed by atoms with van der Waals surface area (Å²) >= 11 is 0. The van der Waals surface area contributed by atoms with Crippen LogP contribution in [0.15, 0.2) is 79.9 Å². The molecule has 24 heavy (non-hydrogen) atoms. The van der Waals surface area contributed by atoms with Gasteiger partial charge in [0, 0.05) is 0 Å². The summed E-state index contributed by atoms with van der Waals surface area (Å²) in [5.41, 5.74) is 5.99. The first-order valence-electron chi connectivity index (χ1n) is 8.56. The second kappa shape index (κ2) is 8.31. The standard InChI is InChI=1S/C22H20.C2H6/c1-16(2)22-20(14-13-19-11-7-8-12-21(19)22)15-17(3)18-9-5-4-6-10-18;1-2/h4-14H,1,3,15H2,2H3;1-2H3. The Labute approximate surface area is 146 Å². The first kappa shape index (κ1) is 17.7. The Morgan fingerprint density at radius 1 is 0.792 bits per heavy atom. The van der Waals surface area contributed by atoms with Crippen LogP contribution in [0.4, 0.5) is 0 Å². The van der Waals surface area contributed by atoms with Crippen LogP contribution in [0.5, 0.6) is 0 Å². The summed E-state index contributed by atoms with van der Waals surface area (Å²) in [4.78, 5) is 0. The highest BCUT2D eigenvalue weighted by Crippen LogP contribution is 2.30. The summed E-state index contributed by atoms with van der Waals surface area (Å²) in [5, 5.41) is 2.53. The number of hydrogen-bond acceptors (Lipinski definition) is 0. The van der Waals surface area contributed by atoms with Gasteiger partial charge in [0.25, 0.3) is 0 Å². The van der Waals surface area contributed by atoms with Gasteiger partial charge < -0.3 is 0 Å². The average Bonchev–Trinajstić information content (AvgIpc) is 2.63. The van der Waals surface area contributed by atoms with Crippen molar-refractivity contribution in [2.45, 2.75) is 27.2 Å². The molecule has 0 amide bonds. The van der Waals surface area contributed by atoms with E-state index >= 15 is 0 Å². The second-order valence-corrected chi connectivity index (χ2v) is 5.75. The van der Waals surface area contributed by atoms with E-state index in [0.29, 0.717) is 0 Å². The van der Waals surface area contributed by atoms with Crippen molar-refractivity contribution in [3.63, 3.8) is 0 Å². The van der Waals surface area contributed by atoms with Crippen molar-refractivity contribution in [3.05, 3.63) is 96.6 Å². The summed E-state index contributed by atoms with van der Waals surface area (Å²) in [7, 11) is 0. The molecular formula is C24H26. The fourth-order valence-corrected chi connectivity index (χ4v) is 2.97. The number of allylic oxidation sites excluding steroid dienone is 2. The molecule has 0 aliphatic heterocycles. The van der Waals surface area contributed by atoms with E-state index in [9.17, 15) is 0 Å². The molecule has 0 heterocycles. The molecule has 0 bridgehead atoms. The minimum absolute atomic E-state index is 0.844. The molecule has 0 aliphatic rings. The van der Waals surface area contributed by atoms with E-state index in [1.54, 1.807) is 0 Å². The van der Waals surface area contributed by atoms with Gasteiger partial charge in [0.2, 0.25) is 0 Å². The fourth-order valence-electron chi connectivity index (χ4n) is 2.97. The minimum Gasteiger partial charge on any atom is -0.0955 e. The predicted octanol–water partition coefficient (Wildman–Crippen LogP) is 7.16. The highest BCUT2D eigenvalue weighted by Gasteiger charge is 2.10. The molecule has 0 heteroatoms.